The number of aliphatic hydroxyl groups excluding tert-OH is 1. The minimum absolute atomic E-state index is 0.0378. The van der Waals surface area contributed by atoms with Crippen molar-refractivity contribution >= 4 is 38.9 Å². The number of nitrogens with two attached hydrogens (primary N) is 1. The number of hydrogen-bond acceptors (Lipinski definition) is 9. The van der Waals surface area contributed by atoms with Crippen LogP contribution in [0.5, 0.6) is 11.5 Å². The summed E-state index contributed by atoms with van der Waals surface area (Å²) in [6.45, 7) is 5.03. The molecule has 0 bridgehead atoms. The number of benzene rings is 4. The number of rotatable bonds is 12. The average Bonchev–Trinajstić information content (AvgIpc) is 3.16. The third-order valence-corrected chi connectivity index (χ3v) is 10.3. The van der Waals surface area contributed by atoms with Crippen LogP contribution in [0.4, 0.5) is 17.1 Å². The lowest BCUT2D eigenvalue weighted by Gasteiger charge is -2.34. The van der Waals surface area contributed by atoms with Gasteiger partial charge in [0.15, 0.2) is 0 Å². The SMILES string of the molecule is COc1ccc(S(=O)(=O)Nc2ccc3c(c2)CC(=O)N([C@@H](C)CO)C[C@H](C)[C@@H](CN(C)Cc2ccc(C(=O)Nc4ccccc4N)cc2)O3)cc1. The quantitative estimate of drug-likeness (QED) is 0.154. The van der Waals surface area contributed by atoms with E-state index < -0.39 is 16.1 Å². The van der Waals surface area contributed by atoms with E-state index in [9.17, 15) is 23.1 Å². The number of carbonyl (C=O) groups is 2. The van der Waals surface area contributed by atoms with E-state index in [4.69, 9.17) is 15.2 Å². The maximum Gasteiger partial charge on any atom is 0.261 e. The maximum absolute atomic E-state index is 13.6. The average molecular weight is 716 g/mol. The highest BCUT2D eigenvalue weighted by molar-refractivity contribution is 7.92. The number of fused-ring (bicyclic) bond motifs is 1. The molecule has 4 aromatic rings. The van der Waals surface area contributed by atoms with Crippen molar-refractivity contribution in [3.05, 3.63) is 108 Å². The Labute approximate surface area is 299 Å². The van der Waals surface area contributed by atoms with E-state index in [0.29, 0.717) is 53.6 Å². The van der Waals surface area contributed by atoms with Crippen molar-refractivity contribution < 1.29 is 32.6 Å². The number of nitrogen functional groups attached to an aromatic ring is 1. The van der Waals surface area contributed by atoms with Crippen LogP contribution in [0.25, 0.3) is 0 Å². The molecule has 0 saturated carbocycles. The Bertz CT molecular complexity index is 1940. The molecule has 0 unspecified atom stereocenters. The molecule has 0 aromatic heterocycles. The predicted molar refractivity (Wildman–Crippen MR) is 197 cm³/mol. The Hall–Kier alpha value is -5.11. The number of carbonyl (C=O) groups excluding carboxylic acids is 2. The number of para-hydroxylation sites is 2. The molecular weight excluding hydrogens is 671 g/mol. The van der Waals surface area contributed by atoms with Crippen LogP contribution in [0.1, 0.15) is 35.3 Å². The van der Waals surface area contributed by atoms with E-state index in [1.165, 1.54) is 19.2 Å². The standard InChI is InChI=1S/C38H45N5O7S/c1-25-21-43(26(2)24-44)37(45)20-29-19-30(41-51(47,48)32-16-14-31(49-4)15-17-32)13-18-35(29)50-36(25)23-42(3)22-27-9-11-28(12-10-27)38(46)40-34-8-6-5-7-33(34)39/h5-19,25-26,36,41,44H,20-24,39H2,1-4H3,(H,40,46)/t25-,26-,36+/m0/s1. The second-order valence-electron chi connectivity index (χ2n) is 12.9. The molecule has 0 spiro atoms. The van der Waals surface area contributed by atoms with Gasteiger partial charge in [0, 0.05) is 42.4 Å². The van der Waals surface area contributed by atoms with Crippen LogP contribution in [0.3, 0.4) is 0 Å². The molecule has 3 atom stereocenters. The molecule has 1 heterocycles. The minimum Gasteiger partial charge on any atom is -0.497 e. The molecule has 5 rings (SSSR count). The van der Waals surface area contributed by atoms with Gasteiger partial charge in [-0.1, -0.05) is 31.2 Å². The van der Waals surface area contributed by atoms with E-state index >= 15 is 0 Å². The van der Waals surface area contributed by atoms with Crippen LogP contribution in [0.15, 0.2) is 95.9 Å². The van der Waals surface area contributed by atoms with E-state index in [2.05, 4.69) is 14.9 Å². The molecule has 4 aromatic carbocycles. The summed E-state index contributed by atoms with van der Waals surface area (Å²) in [6, 6.07) is 25.0. The van der Waals surface area contributed by atoms with Gasteiger partial charge in [-0.3, -0.25) is 19.2 Å². The van der Waals surface area contributed by atoms with Crippen molar-refractivity contribution in [1.29, 1.82) is 0 Å². The van der Waals surface area contributed by atoms with Crippen molar-refractivity contribution in [2.75, 3.05) is 49.6 Å². The highest BCUT2D eigenvalue weighted by Gasteiger charge is 2.31. The first-order chi connectivity index (χ1) is 24.4. The Morgan fingerprint density at radius 2 is 1.78 bits per heavy atom. The number of methoxy groups -OCH3 is 1. The Morgan fingerprint density at radius 3 is 2.45 bits per heavy atom. The summed E-state index contributed by atoms with van der Waals surface area (Å²) in [7, 11) is -0.453. The number of nitrogens with one attached hydrogen (secondary N) is 2. The van der Waals surface area contributed by atoms with E-state index in [0.717, 1.165) is 5.56 Å². The van der Waals surface area contributed by atoms with Crippen molar-refractivity contribution in [1.82, 2.24) is 9.80 Å². The number of hydrogen-bond donors (Lipinski definition) is 4. The zero-order valence-electron chi connectivity index (χ0n) is 29.2. The number of likely N-dealkylation sites (N-methyl/N-ethyl adjacent to an activating group) is 1. The molecule has 0 aliphatic carbocycles. The molecule has 1 aliphatic heterocycles. The molecule has 13 heteroatoms. The van der Waals surface area contributed by atoms with Crippen LogP contribution < -0.4 is 25.2 Å². The summed E-state index contributed by atoms with van der Waals surface area (Å²) in [5.74, 6) is 0.435. The first kappa shape index (κ1) is 37.2. The fraction of sp³-hybridized carbons (Fsp3) is 0.316. The number of nitrogens with zero attached hydrogens (tertiary/aromatic N) is 2. The normalized spacial score (nSPS) is 17.0. The molecule has 5 N–H and O–H groups in total. The lowest BCUT2D eigenvalue weighted by molar-refractivity contribution is -0.134. The number of amides is 2. The molecule has 2 amide bonds. The zero-order valence-corrected chi connectivity index (χ0v) is 30.0. The van der Waals surface area contributed by atoms with Crippen LogP contribution in [0.2, 0.25) is 0 Å². The highest BCUT2D eigenvalue weighted by Crippen LogP contribution is 2.30. The smallest absolute Gasteiger partial charge is 0.261 e. The van der Waals surface area contributed by atoms with Crippen molar-refractivity contribution in [2.24, 2.45) is 5.92 Å². The molecule has 0 saturated heterocycles. The van der Waals surface area contributed by atoms with Crippen LogP contribution >= 0.6 is 0 Å². The second kappa shape index (κ2) is 16.3. The van der Waals surface area contributed by atoms with Gasteiger partial charge >= 0.3 is 0 Å². The van der Waals surface area contributed by atoms with Crippen molar-refractivity contribution in [3.63, 3.8) is 0 Å². The largest absolute Gasteiger partial charge is 0.497 e. The van der Waals surface area contributed by atoms with E-state index in [1.54, 1.807) is 78.6 Å². The highest BCUT2D eigenvalue weighted by atomic mass is 32.2. The number of sulfonamides is 1. The third-order valence-electron chi connectivity index (χ3n) is 8.91. The number of anilines is 3. The topological polar surface area (TPSA) is 164 Å². The van der Waals surface area contributed by atoms with Gasteiger partial charge in [0.1, 0.15) is 17.6 Å². The summed E-state index contributed by atoms with van der Waals surface area (Å²) in [6.07, 6.45) is -0.402. The number of ether oxygens (including phenoxy) is 2. The first-order valence-corrected chi connectivity index (χ1v) is 18.1. The molecule has 12 nitrogen and oxygen atoms in total. The Kier molecular flexibility index (Phi) is 11.9. The zero-order chi connectivity index (χ0) is 36.7. The van der Waals surface area contributed by atoms with Gasteiger partial charge < -0.3 is 30.5 Å². The summed E-state index contributed by atoms with van der Waals surface area (Å²) in [5.41, 5.74) is 9.31. The van der Waals surface area contributed by atoms with Gasteiger partial charge in [0.05, 0.1) is 42.4 Å². The fourth-order valence-electron chi connectivity index (χ4n) is 5.93. The fourth-order valence-corrected chi connectivity index (χ4v) is 6.98. The number of aliphatic hydroxyl groups is 1. The Balaban J connectivity index is 1.33. The summed E-state index contributed by atoms with van der Waals surface area (Å²) in [4.78, 5) is 30.3. The van der Waals surface area contributed by atoms with Gasteiger partial charge in [-0.25, -0.2) is 8.42 Å². The van der Waals surface area contributed by atoms with Crippen LogP contribution in [-0.4, -0.2) is 81.1 Å². The summed E-state index contributed by atoms with van der Waals surface area (Å²) >= 11 is 0. The molecule has 1 aliphatic rings. The molecule has 0 radical (unpaired) electrons. The Morgan fingerprint density at radius 1 is 1.08 bits per heavy atom. The summed E-state index contributed by atoms with van der Waals surface area (Å²) in [5, 5.41) is 12.8. The lowest BCUT2D eigenvalue weighted by Crippen LogP contribution is -2.47. The monoisotopic (exact) mass is 715 g/mol. The summed E-state index contributed by atoms with van der Waals surface area (Å²) < 4.78 is 40.7. The van der Waals surface area contributed by atoms with Gasteiger partial charge in [-0.05, 0) is 86.3 Å². The van der Waals surface area contributed by atoms with Gasteiger partial charge in [0.25, 0.3) is 15.9 Å². The third kappa shape index (κ3) is 9.37. The van der Waals surface area contributed by atoms with Gasteiger partial charge in [0.2, 0.25) is 5.91 Å². The van der Waals surface area contributed by atoms with Crippen LogP contribution in [0, 0.1) is 5.92 Å². The maximum atomic E-state index is 13.6. The molecule has 270 valence electrons. The second-order valence-corrected chi connectivity index (χ2v) is 14.6. The van der Waals surface area contributed by atoms with Crippen molar-refractivity contribution in [2.45, 2.75) is 43.9 Å². The molecule has 0 fully saturated rings. The van der Waals surface area contributed by atoms with Crippen LogP contribution in [-0.2, 0) is 27.8 Å². The van der Waals surface area contributed by atoms with E-state index in [1.807, 2.05) is 26.1 Å². The first-order valence-electron chi connectivity index (χ1n) is 16.7. The van der Waals surface area contributed by atoms with Crippen molar-refractivity contribution in [3.8, 4) is 11.5 Å². The molecule has 51 heavy (non-hydrogen) atoms. The van der Waals surface area contributed by atoms with Gasteiger partial charge in [-0.15, -0.1) is 0 Å². The molecular formula is C38H45N5O7S. The van der Waals surface area contributed by atoms with E-state index in [-0.39, 0.29) is 47.4 Å². The van der Waals surface area contributed by atoms with Gasteiger partial charge in [-0.2, -0.15) is 0 Å². The predicted octanol–water partition coefficient (Wildman–Crippen LogP) is 4.61. The minimum atomic E-state index is -3.93. The lowest BCUT2D eigenvalue weighted by atomic mass is 10.0.